The highest BCUT2D eigenvalue weighted by Crippen LogP contribution is 2.29. The van der Waals surface area contributed by atoms with Gasteiger partial charge in [0.05, 0.1) is 43.5 Å². The molecule has 0 aliphatic carbocycles. The summed E-state index contributed by atoms with van der Waals surface area (Å²) >= 11 is 0. The van der Waals surface area contributed by atoms with Crippen molar-refractivity contribution >= 4 is 21.3 Å². The molecular formula is C18H24N4O4S. The number of ether oxygens (including phenoxy) is 2. The summed E-state index contributed by atoms with van der Waals surface area (Å²) in [5, 5.41) is 0. The molecule has 2 heterocycles. The van der Waals surface area contributed by atoms with Crippen molar-refractivity contribution in [3.8, 4) is 17.1 Å². The SMILES string of the molecule is COc1cc(-c2nc(CS(C)(=O)=O)cc(N3CCOC[C@@H]3C)n2)ccc1N. The summed E-state index contributed by atoms with van der Waals surface area (Å²) in [6.07, 6.45) is 1.19. The van der Waals surface area contributed by atoms with Gasteiger partial charge in [-0.15, -0.1) is 0 Å². The van der Waals surface area contributed by atoms with Crippen molar-refractivity contribution in [2.45, 2.75) is 18.7 Å². The van der Waals surface area contributed by atoms with Crippen LogP contribution in [0.25, 0.3) is 11.4 Å². The van der Waals surface area contributed by atoms with Crippen LogP contribution in [-0.2, 0) is 20.3 Å². The van der Waals surface area contributed by atoms with Crippen LogP contribution in [0.5, 0.6) is 5.75 Å². The highest BCUT2D eigenvalue weighted by atomic mass is 32.2. The van der Waals surface area contributed by atoms with Crippen LogP contribution in [0.2, 0.25) is 0 Å². The topological polar surface area (TPSA) is 108 Å². The van der Waals surface area contributed by atoms with Crippen molar-refractivity contribution in [2.24, 2.45) is 0 Å². The zero-order valence-electron chi connectivity index (χ0n) is 15.7. The zero-order chi connectivity index (χ0) is 19.6. The molecule has 9 heteroatoms. The van der Waals surface area contributed by atoms with Crippen molar-refractivity contribution < 1.29 is 17.9 Å². The second-order valence-corrected chi connectivity index (χ2v) is 8.83. The van der Waals surface area contributed by atoms with E-state index in [1.54, 1.807) is 24.3 Å². The highest BCUT2D eigenvalue weighted by molar-refractivity contribution is 7.89. The molecule has 1 saturated heterocycles. The van der Waals surface area contributed by atoms with Crippen LogP contribution in [0, 0.1) is 0 Å². The average molecular weight is 392 g/mol. The number of sulfone groups is 1. The number of nitrogens with two attached hydrogens (primary N) is 1. The summed E-state index contributed by atoms with van der Waals surface area (Å²) < 4.78 is 34.4. The Morgan fingerprint density at radius 2 is 2.11 bits per heavy atom. The number of hydrogen-bond acceptors (Lipinski definition) is 8. The normalized spacial score (nSPS) is 17.7. The minimum absolute atomic E-state index is 0.133. The molecule has 1 fully saturated rings. The van der Waals surface area contributed by atoms with Crippen molar-refractivity contribution in [1.82, 2.24) is 9.97 Å². The van der Waals surface area contributed by atoms with E-state index in [1.165, 1.54) is 13.4 Å². The summed E-state index contributed by atoms with van der Waals surface area (Å²) in [6, 6.07) is 7.14. The first-order chi connectivity index (χ1) is 12.8. The van der Waals surface area contributed by atoms with Crippen LogP contribution >= 0.6 is 0 Å². The molecule has 0 unspecified atom stereocenters. The molecule has 3 rings (SSSR count). The second-order valence-electron chi connectivity index (χ2n) is 6.69. The maximum Gasteiger partial charge on any atom is 0.161 e. The predicted molar refractivity (Wildman–Crippen MR) is 105 cm³/mol. The van der Waals surface area contributed by atoms with E-state index in [9.17, 15) is 8.42 Å². The Balaban J connectivity index is 2.09. The smallest absolute Gasteiger partial charge is 0.161 e. The Bertz CT molecular complexity index is 933. The lowest BCUT2D eigenvalue weighted by Gasteiger charge is -2.34. The zero-order valence-corrected chi connectivity index (χ0v) is 16.5. The lowest BCUT2D eigenvalue weighted by molar-refractivity contribution is 0.0985. The third kappa shape index (κ3) is 4.67. The fraction of sp³-hybridized carbons (Fsp3) is 0.444. The van der Waals surface area contributed by atoms with E-state index >= 15 is 0 Å². The van der Waals surface area contributed by atoms with Gasteiger partial charge in [0.1, 0.15) is 11.6 Å². The number of nitrogens with zero attached hydrogens (tertiary/aromatic N) is 3. The first-order valence-electron chi connectivity index (χ1n) is 8.61. The van der Waals surface area contributed by atoms with Crippen molar-refractivity contribution in [3.05, 3.63) is 30.0 Å². The van der Waals surface area contributed by atoms with Crippen molar-refractivity contribution in [2.75, 3.05) is 43.8 Å². The monoisotopic (exact) mass is 392 g/mol. The van der Waals surface area contributed by atoms with Crippen LogP contribution in [-0.4, -0.2) is 57.6 Å². The van der Waals surface area contributed by atoms with Gasteiger partial charge >= 0.3 is 0 Å². The van der Waals surface area contributed by atoms with E-state index in [0.717, 1.165) is 0 Å². The van der Waals surface area contributed by atoms with Crippen molar-refractivity contribution in [3.63, 3.8) is 0 Å². The number of nitrogen functional groups attached to an aromatic ring is 1. The molecule has 8 nitrogen and oxygen atoms in total. The molecule has 2 aromatic rings. The molecule has 0 saturated carbocycles. The quantitative estimate of drug-likeness (QED) is 0.763. The van der Waals surface area contributed by atoms with Gasteiger partial charge in [0, 0.05) is 24.4 Å². The van der Waals surface area contributed by atoms with Gasteiger partial charge in [-0.25, -0.2) is 18.4 Å². The number of anilines is 2. The lowest BCUT2D eigenvalue weighted by atomic mass is 10.1. The molecule has 146 valence electrons. The van der Waals surface area contributed by atoms with E-state index < -0.39 is 9.84 Å². The van der Waals surface area contributed by atoms with E-state index in [4.69, 9.17) is 15.2 Å². The van der Waals surface area contributed by atoms with Crippen LogP contribution in [0.15, 0.2) is 24.3 Å². The van der Waals surface area contributed by atoms with Crippen LogP contribution in [0.1, 0.15) is 12.6 Å². The summed E-state index contributed by atoms with van der Waals surface area (Å²) in [6.45, 7) is 3.92. The predicted octanol–water partition coefficient (Wildman–Crippen LogP) is 1.50. The minimum atomic E-state index is -3.23. The minimum Gasteiger partial charge on any atom is -0.495 e. The van der Waals surface area contributed by atoms with Gasteiger partial charge < -0.3 is 20.1 Å². The standard InChI is InChI=1S/C18H24N4O4S/c1-12-10-26-7-6-22(12)17-9-14(11-27(3,23)24)20-18(21-17)13-4-5-15(19)16(8-13)25-2/h4-5,8-9,12H,6-7,10-11,19H2,1-3H3/t12-/m0/s1. The molecule has 1 aliphatic heterocycles. The van der Waals surface area contributed by atoms with E-state index in [0.29, 0.717) is 54.1 Å². The molecule has 1 aromatic carbocycles. The fourth-order valence-corrected chi connectivity index (χ4v) is 3.70. The van der Waals surface area contributed by atoms with Crippen LogP contribution in [0.4, 0.5) is 11.5 Å². The van der Waals surface area contributed by atoms with Gasteiger partial charge in [-0.3, -0.25) is 0 Å². The Kier molecular flexibility index (Phi) is 5.52. The molecule has 1 aliphatic rings. The first-order valence-corrected chi connectivity index (χ1v) is 10.7. The summed E-state index contributed by atoms with van der Waals surface area (Å²) in [7, 11) is -1.70. The highest BCUT2D eigenvalue weighted by Gasteiger charge is 2.22. The second kappa shape index (κ2) is 7.69. The number of methoxy groups -OCH3 is 1. The largest absolute Gasteiger partial charge is 0.495 e. The fourth-order valence-electron chi connectivity index (χ4n) is 3.02. The van der Waals surface area contributed by atoms with Crippen LogP contribution < -0.4 is 15.4 Å². The van der Waals surface area contributed by atoms with Gasteiger partial charge in [0.2, 0.25) is 0 Å². The lowest BCUT2D eigenvalue weighted by Crippen LogP contribution is -2.44. The molecule has 2 N–H and O–H groups in total. The maximum atomic E-state index is 11.8. The van der Waals surface area contributed by atoms with E-state index in [2.05, 4.69) is 14.9 Å². The Morgan fingerprint density at radius 3 is 2.78 bits per heavy atom. The molecule has 1 aromatic heterocycles. The average Bonchev–Trinajstić information content (AvgIpc) is 2.60. The van der Waals surface area contributed by atoms with Crippen molar-refractivity contribution in [1.29, 1.82) is 0 Å². The molecule has 0 bridgehead atoms. The molecule has 0 radical (unpaired) electrons. The Morgan fingerprint density at radius 1 is 1.33 bits per heavy atom. The number of morpholine rings is 1. The third-order valence-corrected chi connectivity index (χ3v) is 5.15. The molecule has 0 amide bonds. The number of rotatable bonds is 5. The van der Waals surface area contributed by atoms with E-state index in [1.807, 2.05) is 6.92 Å². The van der Waals surface area contributed by atoms with Gasteiger partial charge in [-0.05, 0) is 25.1 Å². The molecule has 1 atom stereocenters. The summed E-state index contributed by atoms with van der Waals surface area (Å²) in [5.41, 5.74) is 7.56. The van der Waals surface area contributed by atoms with Gasteiger partial charge in [-0.2, -0.15) is 0 Å². The molecule has 27 heavy (non-hydrogen) atoms. The Hall–Kier alpha value is -2.39. The number of hydrogen-bond donors (Lipinski definition) is 1. The van der Waals surface area contributed by atoms with Gasteiger partial charge in [-0.1, -0.05) is 0 Å². The first kappa shape index (κ1) is 19.4. The van der Waals surface area contributed by atoms with E-state index in [-0.39, 0.29) is 11.8 Å². The van der Waals surface area contributed by atoms with Gasteiger partial charge in [0.25, 0.3) is 0 Å². The van der Waals surface area contributed by atoms with Crippen LogP contribution in [0.3, 0.4) is 0 Å². The summed E-state index contributed by atoms with van der Waals surface area (Å²) in [4.78, 5) is 11.3. The number of aromatic nitrogens is 2. The maximum absolute atomic E-state index is 11.8. The summed E-state index contributed by atoms with van der Waals surface area (Å²) in [5.74, 6) is 1.49. The van der Waals surface area contributed by atoms with Gasteiger partial charge in [0.15, 0.2) is 15.7 Å². The Labute approximate surface area is 159 Å². The third-order valence-electron chi connectivity index (χ3n) is 4.33. The molecule has 0 spiro atoms. The number of benzene rings is 1. The molecular weight excluding hydrogens is 368 g/mol.